The van der Waals surface area contributed by atoms with Crippen LogP contribution >= 0.6 is 0 Å². The maximum absolute atomic E-state index is 13.0. The fraction of sp³-hybridized carbons (Fsp3) is 0.429. The smallest absolute Gasteiger partial charge is 0.287 e. The molecule has 0 saturated carbocycles. The number of aryl methyl sites for hydroxylation is 2. The predicted molar refractivity (Wildman–Crippen MR) is 133 cm³/mol. The highest BCUT2D eigenvalue weighted by Gasteiger charge is 2.24. The molecule has 1 aromatic heterocycles. The van der Waals surface area contributed by atoms with Crippen LogP contribution < -0.4 is 10.7 Å². The van der Waals surface area contributed by atoms with Crippen LogP contribution in [0.3, 0.4) is 0 Å². The zero-order valence-electron chi connectivity index (χ0n) is 20.1. The second kappa shape index (κ2) is 9.92. The van der Waals surface area contributed by atoms with Gasteiger partial charge in [-0.05, 0) is 80.1 Å². The van der Waals surface area contributed by atoms with E-state index in [1.807, 2.05) is 26.0 Å². The van der Waals surface area contributed by atoms with Gasteiger partial charge in [0, 0.05) is 12.6 Å². The van der Waals surface area contributed by atoms with Crippen LogP contribution in [0.2, 0.25) is 0 Å². The highest BCUT2D eigenvalue weighted by Crippen LogP contribution is 2.26. The highest BCUT2D eigenvalue weighted by molar-refractivity contribution is 5.93. The summed E-state index contributed by atoms with van der Waals surface area (Å²) in [5, 5.41) is 3.54. The van der Waals surface area contributed by atoms with Crippen LogP contribution in [0, 0.1) is 13.8 Å². The lowest BCUT2D eigenvalue weighted by Crippen LogP contribution is -2.40. The number of nitrogens with one attached hydrogen (secondary N) is 1. The van der Waals surface area contributed by atoms with Crippen LogP contribution in [-0.4, -0.2) is 30.4 Å². The lowest BCUT2D eigenvalue weighted by Gasteiger charge is -2.35. The standard InChI is InChI=1S/C28H34N2O3/c1-18(2)21-8-10-22(11-9-21)24(30-12-6-5-7-13-30)17-29-28(32)27-16-25(31)23-14-19(3)20(4)15-26(23)33-27/h8-11,14-16,18,24H,5-7,12-13,17H2,1-4H3,(H,29,32)/t24-/m0/s1. The van der Waals surface area contributed by atoms with Gasteiger partial charge in [0.25, 0.3) is 5.91 Å². The van der Waals surface area contributed by atoms with E-state index in [9.17, 15) is 9.59 Å². The van der Waals surface area contributed by atoms with Crippen LogP contribution in [0.5, 0.6) is 0 Å². The summed E-state index contributed by atoms with van der Waals surface area (Å²) in [5.41, 5.74) is 4.82. The Morgan fingerprint density at radius 2 is 1.61 bits per heavy atom. The topological polar surface area (TPSA) is 62.6 Å². The minimum Gasteiger partial charge on any atom is -0.451 e. The number of carbonyl (C=O) groups is 1. The molecule has 1 fully saturated rings. The van der Waals surface area contributed by atoms with Gasteiger partial charge in [0.05, 0.1) is 11.4 Å². The van der Waals surface area contributed by atoms with Crippen LogP contribution in [0.1, 0.15) is 77.9 Å². The Balaban J connectivity index is 1.56. The summed E-state index contributed by atoms with van der Waals surface area (Å²) in [4.78, 5) is 28.1. The lowest BCUT2D eigenvalue weighted by molar-refractivity contribution is 0.0897. The average molecular weight is 447 g/mol. The first kappa shape index (κ1) is 23.2. The maximum Gasteiger partial charge on any atom is 0.287 e. The van der Waals surface area contributed by atoms with E-state index in [1.165, 1.54) is 36.5 Å². The molecule has 2 heterocycles. The van der Waals surface area contributed by atoms with Gasteiger partial charge in [-0.2, -0.15) is 0 Å². The Hall–Kier alpha value is -2.92. The molecule has 1 N–H and O–H groups in total. The quantitative estimate of drug-likeness (QED) is 0.544. The van der Waals surface area contributed by atoms with Crippen LogP contribution in [0.15, 0.2) is 51.7 Å². The molecule has 0 aliphatic carbocycles. The molecule has 174 valence electrons. The minimum atomic E-state index is -0.354. The third-order valence-corrected chi connectivity index (χ3v) is 6.84. The molecule has 5 nitrogen and oxygen atoms in total. The summed E-state index contributed by atoms with van der Waals surface area (Å²) in [7, 11) is 0. The highest BCUT2D eigenvalue weighted by atomic mass is 16.3. The molecule has 1 aliphatic rings. The summed E-state index contributed by atoms with van der Waals surface area (Å²) in [5.74, 6) is 0.187. The maximum atomic E-state index is 13.0. The molecule has 1 atom stereocenters. The first-order chi connectivity index (χ1) is 15.8. The van der Waals surface area contributed by atoms with Crippen molar-refractivity contribution in [3.8, 4) is 0 Å². The van der Waals surface area contributed by atoms with Crippen molar-refractivity contribution in [2.24, 2.45) is 0 Å². The molecule has 0 bridgehead atoms. The lowest BCUT2D eigenvalue weighted by atomic mass is 9.97. The molecule has 0 radical (unpaired) electrons. The van der Waals surface area contributed by atoms with Gasteiger partial charge in [-0.15, -0.1) is 0 Å². The van der Waals surface area contributed by atoms with Crippen molar-refractivity contribution in [1.82, 2.24) is 10.2 Å². The molecule has 1 amide bonds. The number of hydrogen-bond acceptors (Lipinski definition) is 4. The van der Waals surface area contributed by atoms with Gasteiger partial charge >= 0.3 is 0 Å². The molecule has 5 heteroatoms. The molecule has 0 spiro atoms. The molecule has 2 aromatic carbocycles. The van der Waals surface area contributed by atoms with Gasteiger partial charge in [0.2, 0.25) is 0 Å². The predicted octanol–water partition coefficient (Wildman–Crippen LogP) is 5.49. The molecular formula is C28H34N2O3. The molecule has 3 aromatic rings. The SMILES string of the molecule is Cc1cc2oc(C(=O)NC[C@@H](c3ccc(C(C)C)cc3)N3CCCCC3)cc(=O)c2cc1C. The number of benzene rings is 2. The number of amides is 1. The van der Waals surface area contributed by atoms with E-state index in [1.54, 1.807) is 0 Å². The van der Waals surface area contributed by atoms with Gasteiger partial charge in [-0.25, -0.2) is 0 Å². The fourth-order valence-electron chi connectivity index (χ4n) is 4.59. The van der Waals surface area contributed by atoms with Crippen LogP contribution in [-0.2, 0) is 0 Å². The first-order valence-electron chi connectivity index (χ1n) is 12.0. The van der Waals surface area contributed by atoms with Crippen molar-refractivity contribution in [3.63, 3.8) is 0 Å². The largest absolute Gasteiger partial charge is 0.451 e. The average Bonchev–Trinajstić information content (AvgIpc) is 2.81. The number of piperidine rings is 1. The van der Waals surface area contributed by atoms with E-state index in [-0.39, 0.29) is 23.1 Å². The zero-order valence-corrected chi connectivity index (χ0v) is 20.1. The van der Waals surface area contributed by atoms with Gasteiger partial charge < -0.3 is 9.73 Å². The number of hydrogen-bond donors (Lipinski definition) is 1. The monoisotopic (exact) mass is 446 g/mol. The van der Waals surface area contributed by atoms with Crippen molar-refractivity contribution in [1.29, 1.82) is 0 Å². The second-order valence-corrected chi connectivity index (χ2v) is 9.55. The molecule has 0 unspecified atom stereocenters. The fourth-order valence-corrected chi connectivity index (χ4v) is 4.59. The van der Waals surface area contributed by atoms with E-state index in [0.29, 0.717) is 23.4 Å². The van der Waals surface area contributed by atoms with Crippen molar-refractivity contribution >= 4 is 16.9 Å². The number of rotatable bonds is 6. The van der Waals surface area contributed by atoms with E-state index in [4.69, 9.17) is 4.42 Å². The van der Waals surface area contributed by atoms with Crippen molar-refractivity contribution in [2.75, 3.05) is 19.6 Å². The van der Waals surface area contributed by atoms with Crippen molar-refractivity contribution in [2.45, 2.75) is 58.9 Å². The van der Waals surface area contributed by atoms with Crippen LogP contribution in [0.4, 0.5) is 0 Å². The van der Waals surface area contributed by atoms with Gasteiger partial charge in [0.1, 0.15) is 5.58 Å². The van der Waals surface area contributed by atoms with Crippen molar-refractivity contribution in [3.05, 3.63) is 80.7 Å². The third kappa shape index (κ3) is 5.19. The molecule has 4 rings (SSSR count). The van der Waals surface area contributed by atoms with E-state index < -0.39 is 0 Å². The van der Waals surface area contributed by atoms with Gasteiger partial charge in [0.15, 0.2) is 11.2 Å². The summed E-state index contributed by atoms with van der Waals surface area (Å²) >= 11 is 0. The second-order valence-electron chi connectivity index (χ2n) is 9.55. The summed E-state index contributed by atoms with van der Waals surface area (Å²) in [6, 6.07) is 13.8. The summed E-state index contributed by atoms with van der Waals surface area (Å²) < 4.78 is 5.84. The van der Waals surface area contributed by atoms with Gasteiger partial charge in [-0.1, -0.05) is 44.5 Å². The molecule has 33 heavy (non-hydrogen) atoms. The van der Waals surface area contributed by atoms with E-state index in [0.717, 1.165) is 24.2 Å². The minimum absolute atomic E-state index is 0.0586. The Kier molecular flexibility index (Phi) is 6.99. The van der Waals surface area contributed by atoms with Crippen LogP contribution in [0.25, 0.3) is 11.0 Å². The Morgan fingerprint density at radius 3 is 2.27 bits per heavy atom. The molecule has 1 aliphatic heterocycles. The Bertz CT molecular complexity index is 1190. The molecular weight excluding hydrogens is 412 g/mol. The van der Waals surface area contributed by atoms with Gasteiger partial charge in [-0.3, -0.25) is 14.5 Å². The summed E-state index contributed by atoms with van der Waals surface area (Å²) in [6.07, 6.45) is 3.60. The number of likely N-dealkylation sites (tertiary alicyclic amines) is 1. The number of nitrogens with zero attached hydrogens (tertiary/aromatic N) is 1. The van der Waals surface area contributed by atoms with E-state index >= 15 is 0 Å². The van der Waals surface area contributed by atoms with E-state index in [2.05, 4.69) is 48.3 Å². The summed E-state index contributed by atoms with van der Waals surface area (Å²) in [6.45, 7) is 10.8. The number of fused-ring (bicyclic) bond motifs is 1. The Labute approximate surface area is 195 Å². The zero-order chi connectivity index (χ0) is 23.5. The van der Waals surface area contributed by atoms with Crippen molar-refractivity contribution < 1.29 is 9.21 Å². The number of carbonyl (C=O) groups excluding carboxylic acids is 1. The Morgan fingerprint density at radius 1 is 0.970 bits per heavy atom. The molecule has 1 saturated heterocycles. The third-order valence-electron chi connectivity index (χ3n) is 6.84. The normalized spacial score (nSPS) is 15.7. The first-order valence-corrected chi connectivity index (χ1v) is 12.0.